The first-order chi connectivity index (χ1) is 11.7. The molecule has 2 N–H and O–H groups in total. The molecule has 1 aliphatic rings. The summed E-state index contributed by atoms with van der Waals surface area (Å²) in [5.41, 5.74) is 1.28. The summed E-state index contributed by atoms with van der Waals surface area (Å²) in [5.74, 6) is 0.0129. The average Bonchev–Trinajstić information content (AvgIpc) is 3.27. The minimum Gasteiger partial charge on any atom is -0.316 e. The van der Waals surface area contributed by atoms with E-state index in [0.29, 0.717) is 16.4 Å². The van der Waals surface area contributed by atoms with E-state index in [1.165, 1.54) is 47.4 Å². The van der Waals surface area contributed by atoms with Gasteiger partial charge in [0, 0.05) is 17.5 Å². The Labute approximate surface area is 141 Å². The zero-order chi connectivity index (χ0) is 16.5. The fraction of sp³-hybridized carbons (Fsp3) is 0.375. The number of nitrogens with one attached hydrogen (secondary N) is 2. The Morgan fingerprint density at radius 3 is 2.96 bits per heavy atom. The van der Waals surface area contributed by atoms with Gasteiger partial charge in [-0.3, -0.25) is 19.1 Å². The molecule has 3 aromatic rings. The predicted octanol–water partition coefficient (Wildman–Crippen LogP) is 2.78. The summed E-state index contributed by atoms with van der Waals surface area (Å²) in [6.45, 7) is 0. The van der Waals surface area contributed by atoms with Gasteiger partial charge in [-0.1, -0.05) is 19.3 Å². The van der Waals surface area contributed by atoms with Gasteiger partial charge in [-0.2, -0.15) is 5.10 Å². The summed E-state index contributed by atoms with van der Waals surface area (Å²) < 4.78 is 1.43. The highest BCUT2D eigenvalue weighted by molar-refractivity contribution is 7.15. The lowest BCUT2D eigenvalue weighted by atomic mass is 9.85. The molecule has 0 spiro atoms. The second kappa shape index (κ2) is 6.20. The standard InChI is InChI=1S/C16H17N5O2S/c22-14(11-8-18-20-13(11)10-4-2-1-3-5-10)19-12-9-17-16-21(15(12)23)6-7-24-16/h6-10H,1-5H2,(H,18,20)(H,19,22). The molecular formula is C16H17N5O2S. The molecule has 1 saturated carbocycles. The Morgan fingerprint density at radius 1 is 1.29 bits per heavy atom. The van der Waals surface area contributed by atoms with Crippen LogP contribution in [0.1, 0.15) is 54.1 Å². The number of amides is 1. The van der Waals surface area contributed by atoms with E-state index in [0.717, 1.165) is 18.5 Å². The number of aromatic nitrogens is 4. The molecule has 3 heterocycles. The van der Waals surface area contributed by atoms with Crippen LogP contribution in [0.15, 0.2) is 28.8 Å². The molecule has 3 aromatic heterocycles. The van der Waals surface area contributed by atoms with Gasteiger partial charge in [0.1, 0.15) is 5.69 Å². The molecule has 1 aliphatic carbocycles. The summed E-state index contributed by atoms with van der Waals surface area (Å²) >= 11 is 1.37. The monoisotopic (exact) mass is 343 g/mol. The van der Waals surface area contributed by atoms with Gasteiger partial charge in [-0.25, -0.2) is 4.98 Å². The van der Waals surface area contributed by atoms with Crippen LogP contribution in [0.2, 0.25) is 0 Å². The number of aromatic amines is 1. The number of nitrogens with zero attached hydrogens (tertiary/aromatic N) is 3. The molecule has 4 rings (SSSR count). The van der Waals surface area contributed by atoms with E-state index in [2.05, 4.69) is 20.5 Å². The number of anilines is 1. The smallest absolute Gasteiger partial charge is 0.282 e. The first-order valence-corrected chi connectivity index (χ1v) is 8.91. The number of rotatable bonds is 3. The molecule has 124 valence electrons. The summed E-state index contributed by atoms with van der Waals surface area (Å²) in [6.07, 6.45) is 10.3. The summed E-state index contributed by atoms with van der Waals surface area (Å²) in [7, 11) is 0. The van der Waals surface area contributed by atoms with E-state index in [-0.39, 0.29) is 17.2 Å². The molecular weight excluding hydrogens is 326 g/mol. The van der Waals surface area contributed by atoms with Crippen LogP contribution in [-0.2, 0) is 0 Å². The first kappa shape index (κ1) is 15.1. The Balaban J connectivity index is 1.61. The number of fused-ring (bicyclic) bond motifs is 1. The van der Waals surface area contributed by atoms with Gasteiger partial charge in [0.2, 0.25) is 0 Å². The zero-order valence-electron chi connectivity index (χ0n) is 13.0. The number of hydrogen-bond donors (Lipinski definition) is 2. The Bertz CT molecular complexity index is 935. The Hall–Kier alpha value is -2.48. The third kappa shape index (κ3) is 2.62. The molecule has 0 radical (unpaired) electrons. The third-order valence-electron chi connectivity index (χ3n) is 4.52. The largest absolute Gasteiger partial charge is 0.316 e. The molecule has 8 heteroatoms. The third-order valence-corrected chi connectivity index (χ3v) is 5.29. The van der Waals surface area contributed by atoms with Gasteiger partial charge in [-0.05, 0) is 12.8 Å². The van der Waals surface area contributed by atoms with Crippen molar-refractivity contribution in [2.75, 3.05) is 5.32 Å². The van der Waals surface area contributed by atoms with Crippen LogP contribution in [-0.4, -0.2) is 25.5 Å². The van der Waals surface area contributed by atoms with Crippen molar-refractivity contribution in [3.8, 4) is 0 Å². The number of hydrogen-bond acceptors (Lipinski definition) is 5. The van der Waals surface area contributed by atoms with Gasteiger partial charge < -0.3 is 5.32 Å². The number of thiazole rings is 1. The fourth-order valence-corrected chi connectivity index (χ4v) is 3.95. The molecule has 0 atom stereocenters. The van der Waals surface area contributed by atoms with Crippen molar-refractivity contribution >= 4 is 27.9 Å². The van der Waals surface area contributed by atoms with Crippen molar-refractivity contribution in [1.82, 2.24) is 19.6 Å². The molecule has 0 bridgehead atoms. The highest BCUT2D eigenvalue weighted by atomic mass is 32.1. The molecule has 0 saturated heterocycles. The minimum atomic E-state index is -0.321. The van der Waals surface area contributed by atoms with Gasteiger partial charge in [0.15, 0.2) is 4.96 Å². The average molecular weight is 343 g/mol. The van der Waals surface area contributed by atoms with Crippen molar-refractivity contribution in [3.05, 3.63) is 45.6 Å². The van der Waals surface area contributed by atoms with Crippen LogP contribution in [0, 0.1) is 0 Å². The summed E-state index contributed by atoms with van der Waals surface area (Å²) in [4.78, 5) is 29.8. The summed E-state index contributed by atoms with van der Waals surface area (Å²) in [6, 6.07) is 0. The van der Waals surface area contributed by atoms with E-state index in [9.17, 15) is 9.59 Å². The maximum absolute atomic E-state index is 12.6. The van der Waals surface area contributed by atoms with Gasteiger partial charge in [0.25, 0.3) is 11.5 Å². The SMILES string of the molecule is O=C(Nc1cnc2sccn2c1=O)c1cn[nH]c1C1CCCCC1. The normalized spacial score (nSPS) is 15.7. The predicted molar refractivity (Wildman–Crippen MR) is 91.7 cm³/mol. The molecule has 1 fully saturated rings. The lowest BCUT2D eigenvalue weighted by molar-refractivity contribution is 0.102. The molecule has 7 nitrogen and oxygen atoms in total. The van der Waals surface area contributed by atoms with Gasteiger partial charge in [0.05, 0.1) is 23.7 Å². The van der Waals surface area contributed by atoms with Crippen LogP contribution in [0.25, 0.3) is 4.96 Å². The lowest BCUT2D eigenvalue weighted by Crippen LogP contribution is -2.23. The topological polar surface area (TPSA) is 92.2 Å². The lowest BCUT2D eigenvalue weighted by Gasteiger charge is -2.21. The molecule has 0 unspecified atom stereocenters. The maximum atomic E-state index is 12.6. The van der Waals surface area contributed by atoms with Crippen molar-refractivity contribution in [1.29, 1.82) is 0 Å². The van der Waals surface area contributed by atoms with Gasteiger partial charge >= 0.3 is 0 Å². The van der Waals surface area contributed by atoms with Crippen molar-refractivity contribution in [2.24, 2.45) is 0 Å². The second-order valence-corrected chi connectivity index (χ2v) is 6.89. The van der Waals surface area contributed by atoms with Crippen LogP contribution in [0.3, 0.4) is 0 Å². The van der Waals surface area contributed by atoms with Crippen molar-refractivity contribution in [2.45, 2.75) is 38.0 Å². The minimum absolute atomic E-state index is 0.173. The molecule has 1 amide bonds. The van der Waals surface area contributed by atoms with Crippen molar-refractivity contribution < 1.29 is 4.79 Å². The number of carbonyl (C=O) groups excluding carboxylic acids is 1. The molecule has 24 heavy (non-hydrogen) atoms. The van der Waals surface area contributed by atoms with E-state index in [1.54, 1.807) is 11.6 Å². The highest BCUT2D eigenvalue weighted by Crippen LogP contribution is 2.33. The van der Waals surface area contributed by atoms with Crippen molar-refractivity contribution in [3.63, 3.8) is 0 Å². The van der Waals surface area contributed by atoms with Crippen LogP contribution in [0.5, 0.6) is 0 Å². The van der Waals surface area contributed by atoms with E-state index < -0.39 is 0 Å². The number of H-pyrrole nitrogens is 1. The van der Waals surface area contributed by atoms with E-state index in [4.69, 9.17) is 0 Å². The van der Waals surface area contributed by atoms with Crippen LogP contribution < -0.4 is 10.9 Å². The van der Waals surface area contributed by atoms with Crippen LogP contribution in [0.4, 0.5) is 5.69 Å². The summed E-state index contributed by atoms with van der Waals surface area (Å²) in [5, 5.41) is 11.5. The number of carbonyl (C=O) groups is 1. The molecule has 0 aromatic carbocycles. The van der Waals surface area contributed by atoms with Gasteiger partial charge in [-0.15, -0.1) is 11.3 Å². The maximum Gasteiger partial charge on any atom is 0.282 e. The molecule has 0 aliphatic heterocycles. The highest BCUT2D eigenvalue weighted by Gasteiger charge is 2.24. The van der Waals surface area contributed by atoms with Crippen LogP contribution >= 0.6 is 11.3 Å². The Morgan fingerprint density at radius 2 is 2.12 bits per heavy atom. The second-order valence-electron chi connectivity index (χ2n) is 6.02. The van der Waals surface area contributed by atoms with E-state index >= 15 is 0 Å². The quantitative estimate of drug-likeness (QED) is 0.765. The fourth-order valence-electron chi connectivity index (χ4n) is 3.28. The first-order valence-electron chi connectivity index (χ1n) is 8.03. The zero-order valence-corrected chi connectivity index (χ0v) is 13.8. The Kier molecular flexibility index (Phi) is 3.89. The van der Waals surface area contributed by atoms with E-state index in [1.807, 2.05) is 0 Å².